The van der Waals surface area contributed by atoms with Crippen molar-refractivity contribution in [2.75, 3.05) is 5.73 Å². The molecule has 0 amide bonds. The molecule has 116 valence electrons. The van der Waals surface area contributed by atoms with E-state index in [0.717, 1.165) is 5.56 Å². The number of hydrogen-bond acceptors (Lipinski definition) is 3. The Bertz CT molecular complexity index is 1000. The van der Waals surface area contributed by atoms with Crippen LogP contribution in [0.25, 0.3) is 10.9 Å². The number of nitrogen functional groups attached to an aromatic ring is 1. The van der Waals surface area contributed by atoms with E-state index in [0.29, 0.717) is 27.7 Å². The van der Waals surface area contributed by atoms with Gasteiger partial charge in [-0.1, -0.05) is 13.8 Å². The van der Waals surface area contributed by atoms with Crippen LogP contribution in [-0.2, 0) is 5.41 Å². The molecule has 0 spiro atoms. The van der Waals surface area contributed by atoms with Crippen LogP contribution in [-0.4, -0.2) is 15.9 Å². The van der Waals surface area contributed by atoms with E-state index in [-0.39, 0.29) is 17.2 Å². The maximum Gasteiger partial charge on any atom is 0.195 e. The number of phenols is 1. The van der Waals surface area contributed by atoms with E-state index < -0.39 is 11.2 Å². The Morgan fingerprint density at radius 3 is 2.70 bits per heavy atom. The van der Waals surface area contributed by atoms with Gasteiger partial charge in [-0.15, -0.1) is 0 Å². The van der Waals surface area contributed by atoms with Gasteiger partial charge in [0.25, 0.3) is 0 Å². The molecule has 0 fully saturated rings. The van der Waals surface area contributed by atoms with Crippen LogP contribution in [0.3, 0.4) is 0 Å². The van der Waals surface area contributed by atoms with Crippen molar-refractivity contribution in [1.29, 1.82) is 0 Å². The minimum atomic E-state index is -0.540. The second-order valence-electron chi connectivity index (χ2n) is 6.48. The van der Waals surface area contributed by atoms with E-state index in [2.05, 4.69) is 4.98 Å². The van der Waals surface area contributed by atoms with Crippen LogP contribution in [0, 0.1) is 5.82 Å². The molecule has 1 aliphatic carbocycles. The average Bonchev–Trinajstić information content (AvgIpc) is 2.85. The average molecular weight is 310 g/mol. The number of benzene rings is 2. The van der Waals surface area contributed by atoms with E-state index in [4.69, 9.17) is 5.73 Å². The Kier molecular flexibility index (Phi) is 2.48. The fraction of sp³-hybridized carbons (Fsp3) is 0.167. The third-order valence-electron chi connectivity index (χ3n) is 4.69. The summed E-state index contributed by atoms with van der Waals surface area (Å²) in [5.41, 5.74) is 8.24. The highest BCUT2D eigenvalue weighted by Crippen LogP contribution is 2.44. The highest BCUT2D eigenvalue weighted by Gasteiger charge is 2.39. The van der Waals surface area contributed by atoms with Crippen molar-refractivity contribution in [2.45, 2.75) is 19.3 Å². The summed E-state index contributed by atoms with van der Waals surface area (Å²) in [4.78, 5) is 16.1. The largest absolute Gasteiger partial charge is 0.508 e. The van der Waals surface area contributed by atoms with E-state index >= 15 is 0 Å². The van der Waals surface area contributed by atoms with Crippen molar-refractivity contribution < 1.29 is 14.3 Å². The quantitative estimate of drug-likeness (QED) is 0.556. The van der Waals surface area contributed by atoms with Gasteiger partial charge in [0, 0.05) is 27.6 Å². The van der Waals surface area contributed by atoms with E-state index in [1.165, 1.54) is 18.2 Å². The predicted octanol–water partition coefficient (Wildman–Crippen LogP) is 3.47. The van der Waals surface area contributed by atoms with Crippen molar-refractivity contribution >= 4 is 22.4 Å². The minimum Gasteiger partial charge on any atom is -0.508 e. The summed E-state index contributed by atoms with van der Waals surface area (Å²) in [5.74, 6) is -0.606. The predicted molar refractivity (Wildman–Crippen MR) is 86.3 cm³/mol. The molecule has 23 heavy (non-hydrogen) atoms. The van der Waals surface area contributed by atoms with Crippen molar-refractivity contribution in [1.82, 2.24) is 4.98 Å². The van der Waals surface area contributed by atoms with Crippen LogP contribution >= 0.6 is 0 Å². The molecule has 4 rings (SSSR count). The molecule has 0 saturated heterocycles. The van der Waals surface area contributed by atoms with Crippen LogP contribution in [0.5, 0.6) is 5.75 Å². The summed E-state index contributed by atoms with van der Waals surface area (Å²) in [5, 5.41) is 10.3. The molecule has 0 atom stereocenters. The van der Waals surface area contributed by atoms with Gasteiger partial charge < -0.3 is 15.8 Å². The fourth-order valence-corrected chi connectivity index (χ4v) is 3.45. The first kappa shape index (κ1) is 13.8. The van der Waals surface area contributed by atoms with Gasteiger partial charge in [0.15, 0.2) is 5.78 Å². The lowest BCUT2D eigenvalue weighted by Crippen LogP contribution is -2.30. The maximum atomic E-state index is 13.9. The zero-order chi connectivity index (χ0) is 16.5. The number of carbonyl (C=O) groups excluding carboxylic acids is 1. The number of aromatic amines is 1. The SMILES string of the molecule is CC1(C)c2cc(O)ccc2C(=O)c2c1[nH]c1cc(N)c(F)cc21. The Hall–Kier alpha value is -2.82. The summed E-state index contributed by atoms with van der Waals surface area (Å²) >= 11 is 0. The van der Waals surface area contributed by atoms with Crippen LogP contribution in [0.15, 0.2) is 30.3 Å². The van der Waals surface area contributed by atoms with Gasteiger partial charge in [0.2, 0.25) is 0 Å². The number of aromatic hydroxyl groups is 1. The zero-order valence-corrected chi connectivity index (χ0v) is 12.7. The normalized spacial score (nSPS) is 15.5. The zero-order valence-electron chi connectivity index (χ0n) is 12.7. The second-order valence-corrected chi connectivity index (χ2v) is 6.48. The lowest BCUT2D eigenvalue weighted by molar-refractivity contribution is 0.103. The van der Waals surface area contributed by atoms with Gasteiger partial charge in [-0.3, -0.25) is 4.79 Å². The first-order valence-electron chi connectivity index (χ1n) is 7.30. The van der Waals surface area contributed by atoms with Crippen LogP contribution in [0.4, 0.5) is 10.1 Å². The lowest BCUT2D eigenvalue weighted by atomic mass is 9.71. The molecule has 2 aromatic carbocycles. The molecule has 4 nitrogen and oxygen atoms in total. The molecular weight excluding hydrogens is 295 g/mol. The van der Waals surface area contributed by atoms with Crippen molar-refractivity contribution in [3.8, 4) is 5.75 Å². The number of fused-ring (bicyclic) bond motifs is 4. The number of rotatable bonds is 0. The van der Waals surface area contributed by atoms with Crippen LogP contribution < -0.4 is 5.73 Å². The molecule has 5 heteroatoms. The summed E-state index contributed by atoms with van der Waals surface area (Å²) in [7, 11) is 0. The standard InChI is InChI=1S/C18H15FN2O2/c1-18(2)11-5-8(22)3-4-9(11)16(23)15-10-6-12(19)13(20)7-14(10)21-17(15)18/h3-7,21-22H,20H2,1-2H3. The molecule has 1 aliphatic rings. The van der Waals surface area contributed by atoms with Gasteiger partial charge in [-0.2, -0.15) is 0 Å². The number of aromatic nitrogens is 1. The Morgan fingerprint density at radius 2 is 1.96 bits per heavy atom. The molecular formula is C18H15FN2O2. The van der Waals surface area contributed by atoms with Gasteiger partial charge in [0.05, 0.1) is 11.3 Å². The number of nitrogens with one attached hydrogen (secondary N) is 1. The van der Waals surface area contributed by atoms with Crippen molar-refractivity contribution in [3.63, 3.8) is 0 Å². The monoisotopic (exact) mass is 310 g/mol. The first-order valence-corrected chi connectivity index (χ1v) is 7.30. The van der Waals surface area contributed by atoms with Crippen molar-refractivity contribution in [3.05, 3.63) is 58.5 Å². The lowest BCUT2D eigenvalue weighted by Gasteiger charge is -2.32. The van der Waals surface area contributed by atoms with Gasteiger partial charge >= 0.3 is 0 Å². The number of hydrogen-bond donors (Lipinski definition) is 3. The topological polar surface area (TPSA) is 79.1 Å². The molecule has 0 aliphatic heterocycles. The number of carbonyl (C=O) groups is 1. The summed E-state index contributed by atoms with van der Waals surface area (Å²) in [6, 6.07) is 7.53. The molecule has 0 radical (unpaired) electrons. The number of H-pyrrole nitrogens is 1. The van der Waals surface area contributed by atoms with Crippen LogP contribution in [0.2, 0.25) is 0 Å². The Labute approximate surface area is 131 Å². The van der Waals surface area contributed by atoms with E-state index in [1.54, 1.807) is 12.1 Å². The maximum absolute atomic E-state index is 13.9. The highest BCUT2D eigenvalue weighted by atomic mass is 19.1. The number of halogens is 1. The van der Waals surface area contributed by atoms with Crippen LogP contribution in [0.1, 0.15) is 41.0 Å². The number of nitrogens with two attached hydrogens (primary N) is 1. The first-order chi connectivity index (χ1) is 10.8. The van der Waals surface area contributed by atoms with Gasteiger partial charge in [-0.25, -0.2) is 4.39 Å². The summed E-state index contributed by atoms with van der Waals surface area (Å²) < 4.78 is 13.9. The van der Waals surface area contributed by atoms with E-state index in [1.807, 2.05) is 13.8 Å². The smallest absolute Gasteiger partial charge is 0.195 e. The summed E-state index contributed by atoms with van der Waals surface area (Å²) in [6.45, 7) is 3.93. The van der Waals surface area contributed by atoms with Gasteiger partial charge in [0.1, 0.15) is 11.6 Å². The highest BCUT2D eigenvalue weighted by molar-refractivity contribution is 6.20. The fourth-order valence-electron chi connectivity index (χ4n) is 3.45. The van der Waals surface area contributed by atoms with Gasteiger partial charge in [-0.05, 0) is 35.9 Å². The molecule has 0 bridgehead atoms. The molecule has 3 aromatic rings. The molecule has 1 aromatic heterocycles. The Balaban J connectivity index is 2.12. The van der Waals surface area contributed by atoms with E-state index in [9.17, 15) is 14.3 Å². The molecule has 0 saturated carbocycles. The number of phenolic OH excluding ortho intramolecular Hbond substituents is 1. The molecule has 4 N–H and O–H groups in total. The Morgan fingerprint density at radius 1 is 1.22 bits per heavy atom. The number of anilines is 1. The molecule has 1 heterocycles. The molecule has 0 unspecified atom stereocenters. The minimum absolute atomic E-state index is 0.0384. The number of ketones is 1. The third kappa shape index (κ3) is 1.67. The summed E-state index contributed by atoms with van der Waals surface area (Å²) in [6.07, 6.45) is 0. The second kappa shape index (κ2) is 4.13. The third-order valence-corrected chi connectivity index (χ3v) is 4.69. The van der Waals surface area contributed by atoms with Crippen molar-refractivity contribution in [2.24, 2.45) is 0 Å².